The van der Waals surface area contributed by atoms with Crippen molar-refractivity contribution in [1.82, 2.24) is 5.32 Å². The van der Waals surface area contributed by atoms with Crippen LogP contribution in [0.5, 0.6) is 5.75 Å². The minimum absolute atomic E-state index is 0.249. The number of hydrogen-bond acceptors (Lipinski definition) is 2. The third-order valence-corrected chi connectivity index (χ3v) is 3.60. The van der Waals surface area contributed by atoms with Crippen molar-refractivity contribution in [2.75, 3.05) is 7.05 Å². The van der Waals surface area contributed by atoms with Crippen molar-refractivity contribution >= 4 is 0 Å². The summed E-state index contributed by atoms with van der Waals surface area (Å²) in [4.78, 5) is 0. The molecule has 0 aliphatic heterocycles. The van der Waals surface area contributed by atoms with Crippen LogP contribution in [0, 0.1) is 5.92 Å². The lowest BCUT2D eigenvalue weighted by Crippen LogP contribution is -2.27. The molecular formula is C16H25NO. The Kier molecular flexibility index (Phi) is 4.65. The summed E-state index contributed by atoms with van der Waals surface area (Å²) in [5.74, 6) is 1.90. The van der Waals surface area contributed by atoms with Gasteiger partial charge in [-0.05, 0) is 70.2 Å². The van der Waals surface area contributed by atoms with Gasteiger partial charge >= 0.3 is 0 Å². The van der Waals surface area contributed by atoms with E-state index in [4.69, 9.17) is 4.74 Å². The number of benzene rings is 1. The van der Waals surface area contributed by atoms with Crippen molar-refractivity contribution < 1.29 is 4.74 Å². The van der Waals surface area contributed by atoms with E-state index in [-0.39, 0.29) is 6.10 Å². The molecule has 1 aromatic carbocycles. The maximum Gasteiger partial charge on any atom is 0.119 e. The van der Waals surface area contributed by atoms with Gasteiger partial charge in [0.2, 0.25) is 0 Å². The van der Waals surface area contributed by atoms with Crippen LogP contribution < -0.4 is 10.1 Å². The summed E-state index contributed by atoms with van der Waals surface area (Å²) < 4.78 is 5.65. The fourth-order valence-corrected chi connectivity index (χ4v) is 2.44. The Bertz CT molecular complexity index is 354. The molecule has 0 heterocycles. The Hall–Kier alpha value is -1.02. The van der Waals surface area contributed by atoms with Gasteiger partial charge in [-0.2, -0.15) is 0 Å². The second kappa shape index (κ2) is 6.24. The van der Waals surface area contributed by atoms with E-state index in [9.17, 15) is 0 Å². The average molecular weight is 247 g/mol. The van der Waals surface area contributed by atoms with Crippen LogP contribution in [0.3, 0.4) is 0 Å². The second-order valence-corrected chi connectivity index (χ2v) is 5.58. The number of ether oxygens (including phenoxy) is 1. The first-order valence-corrected chi connectivity index (χ1v) is 7.12. The van der Waals surface area contributed by atoms with E-state index in [0.717, 1.165) is 18.1 Å². The lowest BCUT2D eigenvalue weighted by molar-refractivity contribution is 0.242. The first kappa shape index (κ1) is 13.4. The highest BCUT2D eigenvalue weighted by Gasteiger charge is 2.29. The van der Waals surface area contributed by atoms with Gasteiger partial charge in [-0.25, -0.2) is 0 Å². The standard InChI is InChI=1S/C16H25NO/c1-12(2)18-15-9-4-13(5-10-15)6-11-16(17-3)14-7-8-14/h4-5,9-10,12,14,16-17H,6-8,11H2,1-3H3. The molecule has 0 radical (unpaired) electrons. The smallest absolute Gasteiger partial charge is 0.119 e. The Balaban J connectivity index is 1.82. The first-order valence-electron chi connectivity index (χ1n) is 7.12. The zero-order chi connectivity index (χ0) is 13.0. The highest BCUT2D eigenvalue weighted by Crippen LogP contribution is 2.34. The number of aryl methyl sites for hydroxylation is 1. The normalized spacial score (nSPS) is 16.9. The second-order valence-electron chi connectivity index (χ2n) is 5.58. The molecule has 1 aliphatic rings. The molecule has 100 valence electrons. The quantitative estimate of drug-likeness (QED) is 0.797. The lowest BCUT2D eigenvalue weighted by Gasteiger charge is -2.15. The molecule has 1 saturated carbocycles. The molecule has 2 nitrogen and oxygen atoms in total. The molecule has 0 bridgehead atoms. The molecule has 2 rings (SSSR count). The topological polar surface area (TPSA) is 21.3 Å². The van der Waals surface area contributed by atoms with Gasteiger partial charge in [0.15, 0.2) is 0 Å². The van der Waals surface area contributed by atoms with E-state index in [2.05, 4.69) is 50.5 Å². The van der Waals surface area contributed by atoms with Crippen LogP contribution in [0.4, 0.5) is 0 Å². The van der Waals surface area contributed by atoms with Crippen molar-refractivity contribution in [1.29, 1.82) is 0 Å². The van der Waals surface area contributed by atoms with Gasteiger partial charge in [-0.15, -0.1) is 0 Å². The minimum atomic E-state index is 0.249. The summed E-state index contributed by atoms with van der Waals surface area (Å²) in [6.45, 7) is 4.11. The minimum Gasteiger partial charge on any atom is -0.491 e. The van der Waals surface area contributed by atoms with Gasteiger partial charge < -0.3 is 10.1 Å². The Labute approximate surface area is 111 Å². The fraction of sp³-hybridized carbons (Fsp3) is 0.625. The molecule has 0 spiro atoms. The third-order valence-electron chi connectivity index (χ3n) is 3.60. The van der Waals surface area contributed by atoms with E-state index in [1.165, 1.54) is 24.8 Å². The molecule has 1 N–H and O–H groups in total. The van der Waals surface area contributed by atoms with Crippen LogP contribution in [0.1, 0.15) is 38.7 Å². The first-order chi connectivity index (χ1) is 8.69. The van der Waals surface area contributed by atoms with Gasteiger partial charge in [-0.3, -0.25) is 0 Å². The highest BCUT2D eigenvalue weighted by molar-refractivity contribution is 5.27. The van der Waals surface area contributed by atoms with Gasteiger partial charge in [0, 0.05) is 6.04 Å². The average Bonchev–Trinajstić information content (AvgIpc) is 3.16. The van der Waals surface area contributed by atoms with Crippen LogP contribution in [-0.2, 0) is 6.42 Å². The van der Waals surface area contributed by atoms with Crippen LogP contribution in [0.25, 0.3) is 0 Å². The predicted octanol–water partition coefficient (Wildman–Crippen LogP) is 3.40. The van der Waals surface area contributed by atoms with E-state index in [1.807, 2.05) is 0 Å². The van der Waals surface area contributed by atoms with Gasteiger partial charge in [0.1, 0.15) is 5.75 Å². The Morgan fingerprint density at radius 3 is 2.39 bits per heavy atom. The van der Waals surface area contributed by atoms with E-state index in [1.54, 1.807) is 0 Å². The fourth-order valence-electron chi connectivity index (χ4n) is 2.44. The summed E-state index contributed by atoms with van der Waals surface area (Å²) in [6.07, 6.45) is 5.47. The third kappa shape index (κ3) is 4.02. The summed E-state index contributed by atoms with van der Waals surface area (Å²) >= 11 is 0. The molecular weight excluding hydrogens is 222 g/mol. The molecule has 0 saturated heterocycles. The molecule has 0 aromatic heterocycles. The lowest BCUT2D eigenvalue weighted by atomic mass is 10.0. The van der Waals surface area contributed by atoms with Crippen molar-refractivity contribution in [3.63, 3.8) is 0 Å². The Morgan fingerprint density at radius 1 is 1.22 bits per heavy atom. The van der Waals surface area contributed by atoms with Crippen LogP contribution in [-0.4, -0.2) is 19.2 Å². The van der Waals surface area contributed by atoms with Crippen molar-refractivity contribution in [3.8, 4) is 5.75 Å². The predicted molar refractivity (Wildman–Crippen MR) is 76.1 cm³/mol. The van der Waals surface area contributed by atoms with Gasteiger partial charge in [0.05, 0.1) is 6.10 Å². The molecule has 2 heteroatoms. The molecule has 1 fully saturated rings. The van der Waals surface area contributed by atoms with Crippen molar-refractivity contribution in [2.24, 2.45) is 5.92 Å². The van der Waals surface area contributed by atoms with E-state index in [0.29, 0.717) is 6.04 Å². The number of hydrogen-bond donors (Lipinski definition) is 1. The SMILES string of the molecule is CNC(CCc1ccc(OC(C)C)cc1)C1CC1. The number of rotatable bonds is 7. The van der Waals surface area contributed by atoms with Gasteiger partial charge in [0.25, 0.3) is 0 Å². The molecule has 1 aromatic rings. The molecule has 1 unspecified atom stereocenters. The molecule has 18 heavy (non-hydrogen) atoms. The summed E-state index contributed by atoms with van der Waals surface area (Å²) in [7, 11) is 2.09. The van der Waals surface area contributed by atoms with Crippen molar-refractivity contribution in [2.45, 2.75) is 51.7 Å². The van der Waals surface area contributed by atoms with Crippen LogP contribution in [0.2, 0.25) is 0 Å². The molecule has 1 atom stereocenters. The maximum atomic E-state index is 5.65. The largest absolute Gasteiger partial charge is 0.491 e. The zero-order valence-corrected chi connectivity index (χ0v) is 11.8. The number of nitrogens with one attached hydrogen (secondary N) is 1. The Morgan fingerprint density at radius 2 is 1.89 bits per heavy atom. The highest BCUT2D eigenvalue weighted by atomic mass is 16.5. The summed E-state index contributed by atoms with van der Waals surface area (Å²) in [5, 5.41) is 3.45. The summed E-state index contributed by atoms with van der Waals surface area (Å²) in [5.41, 5.74) is 1.41. The summed E-state index contributed by atoms with van der Waals surface area (Å²) in [6, 6.07) is 9.26. The van der Waals surface area contributed by atoms with Crippen molar-refractivity contribution in [3.05, 3.63) is 29.8 Å². The van der Waals surface area contributed by atoms with Gasteiger partial charge in [-0.1, -0.05) is 12.1 Å². The zero-order valence-electron chi connectivity index (χ0n) is 11.8. The van der Waals surface area contributed by atoms with Crippen LogP contribution in [0.15, 0.2) is 24.3 Å². The van der Waals surface area contributed by atoms with E-state index >= 15 is 0 Å². The maximum absolute atomic E-state index is 5.65. The monoisotopic (exact) mass is 247 g/mol. The molecule has 1 aliphatic carbocycles. The molecule has 0 amide bonds. The van der Waals surface area contributed by atoms with E-state index < -0.39 is 0 Å². The van der Waals surface area contributed by atoms with Crippen LogP contribution >= 0.6 is 0 Å².